The number of piperidine rings is 1. The minimum absolute atomic E-state index is 0.131. The summed E-state index contributed by atoms with van der Waals surface area (Å²) in [4.78, 5) is 14.4. The number of hydrogen-bond donors (Lipinski definition) is 1. The van der Waals surface area contributed by atoms with Crippen LogP contribution < -0.4 is 14.2 Å². The highest BCUT2D eigenvalue weighted by Gasteiger charge is 2.26. The van der Waals surface area contributed by atoms with Crippen molar-refractivity contribution >= 4 is 22.0 Å². The van der Waals surface area contributed by atoms with Gasteiger partial charge in [0, 0.05) is 36.8 Å². The average molecular weight is 382 g/mol. The monoisotopic (exact) mass is 382 g/mol. The summed E-state index contributed by atoms with van der Waals surface area (Å²) in [6, 6.07) is 5.24. The van der Waals surface area contributed by atoms with Gasteiger partial charge in [-0.1, -0.05) is 0 Å². The van der Waals surface area contributed by atoms with Crippen LogP contribution in [0.1, 0.15) is 24.8 Å². The molecule has 1 aromatic rings. The molecule has 26 heavy (non-hydrogen) atoms. The van der Waals surface area contributed by atoms with Gasteiger partial charge in [0.25, 0.3) is 0 Å². The number of carbonyl (C=O) groups is 1. The van der Waals surface area contributed by atoms with E-state index < -0.39 is 10.0 Å². The second-order valence-corrected chi connectivity index (χ2v) is 8.08. The highest BCUT2D eigenvalue weighted by molar-refractivity contribution is 7.88. The number of amides is 1. The van der Waals surface area contributed by atoms with Gasteiger partial charge in [-0.25, -0.2) is 13.1 Å². The van der Waals surface area contributed by atoms with Crippen LogP contribution in [0.2, 0.25) is 0 Å². The Morgan fingerprint density at radius 1 is 1.31 bits per heavy atom. The maximum absolute atomic E-state index is 12.6. The Morgan fingerprint density at radius 2 is 2.08 bits per heavy atom. The van der Waals surface area contributed by atoms with Gasteiger partial charge in [-0.2, -0.15) is 0 Å². The predicted molar refractivity (Wildman–Crippen MR) is 101 cm³/mol. The second kappa shape index (κ2) is 9.05. The Hall–Kier alpha value is -2.06. The van der Waals surface area contributed by atoms with E-state index in [0.29, 0.717) is 18.0 Å². The van der Waals surface area contributed by atoms with Crippen LogP contribution in [0.3, 0.4) is 0 Å². The summed E-state index contributed by atoms with van der Waals surface area (Å²) >= 11 is 0. The molecule has 0 saturated carbocycles. The van der Waals surface area contributed by atoms with E-state index in [4.69, 9.17) is 9.47 Å². The molecule has 0 radical (unpaired) electrons. The first-order valence-electron chi connectivity index (χ1n) is 8.49. The number of likely N-dealkylation sites (tertiary alicyclic amines) is 1. The molecule has 7 nitrogen and oxygen atoms in total. The molecule has 1 atom stereocenters. The predicted octanol–water partition coefficient (Wildman–Crippen LogP) is 1.65. The number of ether oxygens (including phenoxy) is 2. The number of carbonyl (C=O) groups excluding carboxylic acids is 1. The van der Waals surface area contributed by atoms with Crippen molar-refractivity contribution in [3.63, 3.8) is 0 Å². The van der Waals surface area contributed by atoms with Gasteiger partial charge in [-0.05, 0) is 37.5 Å². The molecular formula is C18H26N2O5S. The lowest BCUT2D eigenvalue weighted by Gasteiger charge is -2.35. The van der Waals surface area contributed by atoms with Gasteiger partial charge >= 0.3 is 0 Å². The second-order valence-electron chi connectivity index (χ2n) is 6.24. The maximum atomic E-state index is 12.6. The molecular weight excluding hydrogens is 356 g/mol. The number of nitrogens with zero attached hydrogens (tertiary/aromatic N) is 1. The van der Waals surface area contributed by atoms with Crippen molar-refractivity contribution < 1.29 is 22.7 Å². The van der Waals surface area contributed by atoms with Gasteiger partial charge in [-0.15, -0.1) is 0 Å². The van der Waals surface area contributed by atoms with E-state index in [1.54, 1.807) is 37.3 Å². The van der Waals surface area contributed by atoms with Crippen LogP contribution in [-0.2, 0) is 14.8 Å². The Balaban J connectivity index is 2.10. The number of rotatable bonds is 7. The van der Waals surface area contributed by atoms with Gasteiger partial charge in [0.15, 0.2) is 0 Å². The lowest BCUT2D eigenvalue weighted by atomic mass is 10.0. The molecule has 1 fully saturated rings. The normalized spacial score (nSPS) is 18.1. The number of sulfonamides is 1. The van der Waals surface area contributed by atoms with Crippen molar-refractivity contribution in [2.24, 2.45) is 0 Å². The molecule has 144 valence electrons. The topological polar surface area (TPSA) is 84.9 Å². The maximum Gasteiger partial charge on any atom is 0.246 e. The van der Waals surface area contributed by atoms with E-state index in [1.165, 1.54) is 6.08 Å². The number of nitrogens with one attached hydrogen (secondary N) is 1. The van der Waals surface area contributed by atoms with Crippen LogP contribution >= 0.6 is 0 Å². The molecule has 0 aromatic heterocycles. The Bertz CT molecular complexity index is 761. The van der Waals surface area contributed by atoms with Crippen molar-refractivity contribution in [1.29, 1.82) is 0 Å². The Labute approximate surface area is 155 Å². The van der Waals surface area contributed by atoms with Crippen molar-refractivity contribution in [3.8, 4) is 11.5 Å². The summed E-state index contributed by atoms with van der Waals surface area (Å²) in [6.45, 7) is 0.864. The van der Waals surface area contributed by atoms with Gasteiger partial charge in [-0.3, -0.25) is 4.79 Å². The fraction of sp³-hybridized carbons (Fsp3) is 0.500. The molecule has 8 heteroatoms. The lowest BCUT2D eigenvalue weighted by Crippen LogP contribution is -2.48. The summed E-state index contributed by atoms with van der Waals surface area (Å²) in [5.74, 6) is 1.15. The molecule has 1 saturated heterocycles. The first-order valence-corrected chi connectivity index (χ1v) is 10.4. The van der Waals surface area contributed by atoms with Gasteiger partial charge in [0.05, 0.1) is 20.5 Å². The quantitative estimate of drug-likeness (QED) is 0.725. The van der Waals surface area contributed by atoms with E-state index >= 15 is 0 Å². The largest absolute Gasteiger partial charge is 0.497 e. The van der Waals surface area contributed by atoms with Crippen LogP contribution in [0.5, 0.6) is 11.5 Å². The third kappa shape index (κ3) is 5.74. The third-order valence-corrected chi connectivity index (χ3v) is 5.03. The smallest absolute Gasteiger partial charge is 0.246 e. The van der Waals surface area contributed by atoms with Crippen LogP contribution in [0.4, 0.5) is 0 Å². The van der Waals surface area contributed by atoms with E-state index in [2.05, 4.69) is 4.72 Å². The van der Waals surface area contributed by atoms with Gasteiger partial charge < -0.3 is 14.4 Å². The minimum Gasteiger partial charge on any atom is -0.497 e. The Morgan fingerprint density at radius 3 is 2.73 bits per heavy atom. The molecule has 1 aromatic carbocycles. The third-order valence-electron chi connectivity index (χ3n) is 4.34. The molecule has 0 aliphatic carbocycles. The Kier molecular flexibility index (Phi) is 7.05. The van der Waals surface area contributed by atoms with E-state index in [0.717, 1.165) is 31.1 Å². The first-order chi connectivity index (χ1) is 12.3. The zero-order valence-corrected chi connectivity index (χ0v) is 16.2. The van der Waals surface area contributed by atoms with E-state index in [1.807, 2.05) is 6.07 Å². The van der Waals surface area contributed by atoms with E-state index in [-0.39, 0.29) is 18.5 Å². The van der Waals surface area contributed by atoms with Crippen LogP contribution in [0.25, 0.3) is 6.08 Å². The van der Waals surface area contributed by atoms with Gasteiger partial charge in [0.1, 0.15) is 11.5 Å². The SMILES string of the molecule is COc1ccc(/C=C/C(=O)N2CCCCC2CNS(C)(=O)=O)c(OC)c1. The van der Waals surface area contributed by atoms with Crippen molar-refractivity contribution in [1.82, 2.24) is 9.62 Å². The molecule has 1 N–H and O–H groups in total. The van der Waals surface area contributed by atoms with Gasteiger partial charge in [0.2, 0.25) is 15.9 Å². The fourth-order valence-electron chi connectivity index (χ4n) is 2.96. The number of methoxy groups -OCH3 is 2. The summed E-state index contributed by atoms with van der Waals surface area (Å²) in [7, 11) is -0.139. The van der Waals surface area contributed by atoms with Crippen molar-refractivity contribution in [2.75, 3.05) is 33.6 Å². The average Bonchev–Trinajstić information content (AvgIpc) is 2.63. The summed E-state index contributed by atoms with van der Waals surface area (Å²) in [5, 5.41) is 0. The molecule has 0 bridgehead atoms. The summed E-state index contributed by atoms with van der Waals surface area (Å²) in [6.07, 6.45) is 7.02. The lowest BCUT2D eigenvalue weighted by molar-refractivity contribution is -0.129. The fourth-order valence-corrected chi connectivity index (χ4v) is 3.46. The summed E-state index contributed by atoms with van der Waals surface area (Å²) in [5.41, 5.74) is 0.768. The number of benzene rings is 1. The first kappa shape index (κ1) is 20.3. The zero-order valence-electron chi connectivity index (χ0n) is 15.4. The van der Waals surface area contributed by atoms with Crippen molar-refractivity contribution in [3.05, 3.63) is 29.8 Å². The molecule has 1 unspecified atom stereocenters. The van der Waals surface area contributed by atoms with E-state index in [9.17, 15) is 13.2 Å². The van der Waals surface area contributed by atoms with Crippen molar-refractivity contribution in [2.45, 2.75) is 25.3 Å². The number of hydrogen-bond acceptors (Lipinski definition) is 5. The minimum atomic E-state index is -3.28. The molecule has 2 rings (SSSR count). The molecule has 0 spiro atoms. The molecule has 1 aliphatic heterocycles. The highest BCUT2D eigenvalue weighted by atomic mass is 32.2. The summed E-state index contributed by atoms with van der Waals surface area (Å²) < 4.78 is 35.7. The van der Waals surface area contributed by atoms with Crippen LogP contribution in [-0.4, -0.2) is 58.8 Å². The molecule has 1 amide bonds. The molecule has 1 heterocycles. The van der Waals surface area contributed by atoms with Crippen LogP contribution in [0, 0.1) is 0 Å². The van der Waals surface area contributed by atoms with Crippen LogP contribution in [0.15, 0.2) is 24.3 Å². The zero-order chi connectivity index (χ0) is 19.2. The molecule has 1 aliphatic rings. The highest BCUT2D eigenvalue weighted by Crippen LogP contribution is 2.26. The standard InChI is InChI=1S/C18H26N2O5S/c1-24-16-9-7-14(17(12-16)25-2)8-10-18(21)20-11-5-4-6-15(20)13-19-26(3,22)23/h7-10,12,15,19H,4-6,11,13H2,1-3H3/b10-8+.